The molecule has 7 heteroatoms. The van der Waals surface area contributed by atoms with Crippen LogP contribution in [0.3, 0.4) is 0 Å². The van der Waals surface area contributed by atoms with Crippen LogP contribution < -0.4 is 11.2 Å². The Morgan fingerprint density at radius 2 is 2.00 bits per heavy atom. The van der Waals surface area contributed by atoms with Gasteiger partial charge in [0.2, 0.25) is 6.23 Å². The quantitative estimate of drug-likeness (QED) is 0.830. The first-order valence-electron chi connectivity index (χ1n) is 8.14. The lowest BCUT2D eigenvalue weighted by Gasteiger charge is -2.22. The first-order valence-corrected chi connectivity index (χ1v) is 8.14. The minimum Gasteiger partial charge on any atom is -0.487 e. The zero-order valence-corrected chi connectivity index (χ0v) is 13.9. The predicted octanol–water partition coefficient (Wildman–Crippen LogP) is 1.92. The van der Waals surface area contributed by atoms with Crippen molar-refractivity contribution in [3.05, 3.63) is 81.0 Å². The van der Waals surface area contributed by atoms with E-state index >= 15 is 0 Å². The van der Waals surface area contributed by atoms with Crippen molar-refractivity contribution in [2.24, 2.45) is 0 Å². The molecule has 1 aliphatic heterocycles. The minimum absolute atomic E-state index is 0.370. The highest BCUT2D eigenvalue weighted by Gasteiger charge is 2.36. The zero-order chi connectivity index (χ0) is 17.6. The van der Waals surface area contributed by atoms with Crippen LogP contribution in [0.2, 0.25) is 0 Å². The van der Waals surface area contributed by atoms with E-state index in [1.807, 2.05) is 37.3 Å². The molecule has 0 amide bonds. The smallest absolute Gasteiger partial charge is 0.331 e. The summed E-state index contributed by atoms with van der Waals surface area (Å²) in [6.07, 6.45) is 2.39. The predicted molar refractivity (Wildman–Crippen MR) is 90.8 cm³/mol. The van der Waals surface area contributed by atoms with E-state index < -0.39 is 23.6 Å². The SMILES string of the molecule is CCCOC1C(OCc2ccccc2)=CO[C@H]1n1ccc(=O)[nH]c1=O. The Bertz CT molecular complexity index is 840. The van der Waals surface area contributed by atoms with Gasteiger partial charge in [0.05, 0.1) is 0 Å². The van der Waals surface area contributed by atoms with Gasteiger partial charge in [-0.15, -0.1) is 0 Å². The van der Waals surface area contributed by atoms with Gasteiger partial charge in [0.1, 0.15) is 12.9 Å². The summed E-state index contributed by atoms with van der Waals surface area (Å²) in [7, 11) is 0. The number of nitrogens with zero attached hydrogens (tertiary/aromatic N) is 1. The Labute approximate surface area is 144 Å². The van der Waals surface area contributed by atoms with Gasteiger partial charge in [0, 0.05) is 18.9 Å². The van der Waals surface area contributed by atoms with Crippen LogP contribution in [0.15, 0.2) is 64.2 Å². The van der Waals surface area contributed by atoms with E-state index in [-0.39, 0.29) is 0 Å². The number of hydrogen-bond acceptors (Lipinski definition) is 5. The van der Waals surface area contributed by atoms with E-state index in [9.17, 15) is 9.59 Å². The molecule has 1 aromatic heterocycles. The van der Waals surface area contributed by atoms with E-state index in [0.717, 1.165) is 12.0 Å². The largest absolute Gasteiger partial charge is 0.487 e. The molecule has 25 heavy (non-hydrogen) atoms. The average Bonchev–Trinajstić information content (AvgIpc) is 3.01. The van der Waals surface area contributed by atoms with Crippen molar-refractivity contribution >= 4 is 0 Å². The van der Waals surface area contributed by atoms with Gasteiger partial charge in [-0.05, 0) is 12.0 Å². The number of aromatic nitrogens is 2. The standard InChI is InChI=1S/C18H20N2O5/c1-2-10-23-16-14(24-11-13-6-4-3-5-7-13)12-25-17(16)20-9-8-15(21)19-18(20)22/h3-9,12,16-17H,2,10-11H2,1H3,(H,19,21,22)/t16?,17-/m1/s1. The van der Waals surface area contributed by atoms with Crippen LogP contribution in [-0.4, -0.2) is 22.3 Å². The molecule has 1 aliphatic rings. The lowest BCUT2D eigenvalue weighted by atomic mass is 10.2. The molecule has 0 bridgehead atoms. The summed E-state index contributed by atoms with van der Waals surface area (Å²) in [6.45, 7) is 2.86. The molecule has 0 aliphatic carbocycles. The highest BCUT2D eigenvalue weighted by atomic mass is 16.6. The first kappa shape index (κ1) is 17.0. The summed E-state index contributed by atoms with van der Waals surface area (Å²) in [6, 6.07) is 11.0. The molecule has 0 spiro atoms. The Hall–Kier alpha value is -2.80. The summed E-state index contributed by atoms with van der Waals surface area (Å²) in [5, 5.41) is 0. The molecule has 7 nitrogen and oxygen atoms in total. The van der Waals surface area contributed by atoms with Crippen molar-refractivity contribution < 1.29 is 14.2 Å². The van der Waals surface area contributed by atoms with E-state index in [2.05, 4.69) is 4.98 Å². The third kappa shape index (κ3) is 4.00. The molecule has 2 heterocycles. The van der Waals surface area contributed by atoms with Crippen LogP contribution in [0, 0.1) is 0 Å². The van der Waals surface area contributed by atoms with E-state index in [1.165, 1.54) is 23.1 Å². The second-order valence-corrected chi connectivity index (χ2v) is 5.63. The fourth-order valence-corrected chi connectivity index (χ4v) is 2.52. The van der Waals surface area contributed by atoms with Crippen molar-refractivity contribution in [1.82, 2.24) is 9.55 Å². The maximum absolute atomic E-state index is 12.0. The number of hydrogen-bond donors (Lipinski definition) is 1. The Kier molecular flexibility index (Phi) is 5.35. The fourth-order valence-electron chi connectivity index (χ4n) is 2.52. The molecule has 2 aromatic rings. The third-order valence-electron chi connectivity index (χ3n) is 3.74. The number of rotatable bonds is 7. The van der Waals surface area contributed by atoms with Crippen molar-refractivity contribution in [3.63, 3.8) is 0 Å². The maximum Gasteiger partial charge on any atom is 0.331 e. The van der Waals surface area contributed by atoms with Gasteiger partial charge in [-0.2, -0.15) is 0 Å². The highest BCUT2D eigenvalue weighted by Crippen LogP contribution is 2.30. The van der Waals surface area contributed by atoms with Crippen LogP contribution in [-0.2, 0) is 20.8 Å². The number of nitrogens with one attached hydrogen (secondary N) is 1. The minimum atomic E-state index is -0.721. The number of benzene rings is 1. The third-order valence-corrected chi connectivity index (χ3v) is 3.74. The van der Waals surface area contributed by atoms with E-state index in [1.54, 1.807) is 0 Å². The van der Waals surface area contributed by atoms with Gasteiger partial charge in [-0.3, -0.25) is 14.3 Å². The summed E-state index contributed by atoms with van der Waals surface area (Å²) in [4.78, 5) is 25.5. The van der Waals surface area contributed by atoms with Crippen molar-refractivity contribution in [1.29, 1.82) is 0 Å². The van der Waals surface area contributed by atoms with Gasteiger partial charge in [0.15, 0.2) is 11.9 Å². The van der Waals surface area contributed by atoms with E-state index in [4.69, 9.17) is 14.2 Å². The molecule has 0 fully saturated rings. The van der Waals surface area contributed by atoms with Crippen LogP contribution in [0.1, 0.15) is 25.1 Å². The van der Waals surface area contributed by atoms with Crippen molar-refractivity contribution in [3.8, 4) is 0 Å². The first-order chi connectivity index (χ1) is 12.2. The second kappa shape index (κ2) is 7.85. The zero-order valence-electron chi connectivity index (χ0n) is 13.9. The molecule has 3 rings (SSSR count). The van der Waals surface area contributed by atoms with E-state index in [0.29, 0.717) is 19.0 Å². The molecule has 0 saturated heterocycles. The van der Waals surface area contributed by atoms with Gasteiger partial charge < -0.3 is 14.2 Å². The lowest BCUT2D eigenvalue weighted by molar-refractivity contribution is -0.0546. The molecular weight excluding hydrogens is 324 g/mol. The molecule has 0 saturated carbocycles. The molecule has 2 atom stereocenters. The van der Waals surface area contributed by atoms with Gasteiger partial charge in [0.25, 0.3) is 5.56 Å². The molecule has 132 valence electrons. The fraction of sp³-hybridized carbons (Fsp3) is 0.333. The van der Waals surface area contributed by atoms with Crippen LogP contribution >= 0.6 is 0 Å². The normalized spacial score (nSPS) is 19.3. The molecular formula is C18H20N2O5. The number of H-pyrrole nitrogens is 1. The molecule has 0 radical (unpaired) electrons. The Balaban J connectivity index is 1.77. The van der Waals surface area contributed by atoms with Gasteiger partial charge in [-0.25, -0.2) is 4.79 Å². The van der Waals surface area contributed by atoms with Crippen LogP contribution in [0.5, 0.6) is 0 Å². The monoisotopic (exact) mass is 344 g/mol. The summed E-state index contributed by atoms with van der Waals surface area (Å²) in [5.74, 6) is 0.514. The molecule has 1 unspecified atom stereocenters. The Morgan fingerprint density at radius 1 is 1.20 bits per heavy atom. The van der Waals surface area contributed by atoms with Crippen molar-refractivity contribution in [2.45, 2.75) is 32.3 Å². The lowest BCUT2D eigenvalue weighted by Crippen LogP contribution is -2.37. The topological polar surface area (TPSA) is 82.6 Å². The molecule has 1 aromatic carbocycles. The van der Waals surface area contributed by atoms with Gasteiger partial charge in [-0.1, -0.05) is 37.3 Å². The van der Waals surface area contributed by atoms with Gasteiger partial charge >= 0.3 is 5.69 Å². The number of aromatic amines is 1. The van der Waals surface area contributed by atoms with Crippen LogP contribution in [0.25, 0.3) is 0 Å². The summed E-state index contributed by atoms with van der Waals surface area (Å²) >= 11 is 0. The summed E-state index contributed by atoms with van der Waals surface area (Å²) < 4.78 is 18.6. The highest BCUT2D eigenvalue weighted by molar-refractivity contribution is 5.15. The maximum atomic E-state index is 12.0. The summed E-state index contributed by atoms with van der Waals surface area (Å²) in [5.41, 5.74) is 0.00129. The second-order valence-electron chi connectivity index (χ2n) is 5.63. The number of ether oxygens (including phenoxy) is 3. The average molecular weight is 344 g/mol. The van der Waals surface area contributed by atoms with Crippen LogP contribution in [0.4, 0.5) is 0 Å². The van der Waals surface area contributed by atoms with Crippen molar-refractivity contribution in [2.75, 3.05) is 6.61 Å². The molecule has 1 N–H and O–H groups in total. The Morgan fingerprint density at radius 3 is 2.72 bits per heavy atom.